The molecular formula is C27H46. The molecule has 0 aromatic rings. The van der Waals surface area contributed by atoms with Crippen molar-refractivity contribution in [2.75, 3.05) is 0 Å². The minimum atomic E-state index is 0.455. The summed E-state index contributed by atoms with van der Waals surface area (Å²) < 4.78 is 0. The zero-order chi connectivity index (χ0) is 20.8. The summed E-state index contributed by atoms with van der Waals surface area (Å²) in [5.74, 6) is 2.46. The summed E-state index contributed by atoms with van der Waals surface area (Å²) in [7, 11) is 0. The van der Waals surface area contributed by atoms with E-state index in [0.717, 1.165) is 0 Å². The van der Waals surface area contributed by atoms with Crippen LogP contribution in [0.25, 0.3) is 0 Å². The molecule has 1 aliphatic rings. The molecule has 1 saturated carbocycles. The predicted octanol–water partition coefficient (Wildman–Crippen LogP) is 8.92. The topological polar surface area (TPSA) is 0 Å². The fourth-order valence-electron chi connectivity index (χ4n) is 4.16. The molecule has 27 heavy (non-hydrogen) atoms. The van der Waals surface area contributed by atoms with E-state index >= 15 is 0 Å². The zero-order valence-corrected chi connectivity index (χ0v) is 19.8. The summed E-state index contributed by atoms with van der Waals surface area (Å²) >= 11 is 0. The van der Waals surface area contributed by atoms with E-state index in [-0.39, 0.29) is 0 Å². The Morgan fingerprint density at radius 3 is 2.15 bits per heavy atom. The first-order valence-electron chi connectivity index (χ1n) is 11.1. The maximum absolute atomic E-state index is 4.26. The highest BCUT2D eigenvalue weighted by Gasteiger charge is 2.22. The Labute approximate surface area is 170 Å². The van der Waals surface area contributed by atoms with Crippen LogP contribution in [-0.4, -0.2) is 0 Å². The minimum absolute atomic E-state index is 0.455. The summed E-state index contributed by atoms with van der Waals surface area (Å²) in [5, 5.41) is 0. The minimum Gasteiger partial charge on any atom is -0.0993 e. The van der Waals surface area contributed by atoms with Gasteiger partial charge >= 0.3 is 0 Å². The van der Waals surface area contributed by atoms with Crippen LogP contribution in [0.2, 0.25) is 0 Å². The van der Waals surface area contributed by atoms with E-state index in [9.17, 15) is 0 Å². The molecular weight excluding hydrogens is 324 g/mol. The van der Waals surface area contributed by atoms with Gasteiger partial charge in [0.05, 0.1) is 0 Å². The van der Waals surface area contributed by atoms with Crippen molar-refractivity contribution in [3.05, 3.63) is 47.1 Å². The molecule has 0 saturated heterocycles. The highest BCUT2D eigenvalue weighted by molar-refractivity contribution is 5.25. The van der Waals surface area contributed by atoms with Gasteiger partial charge in [-0.2, -0.15) is 0 Å². The normalized spacial score (nSPS) is 24.8. The average Bonchev–Trinajstić information content (AvgIpc) is 2.56. The van der Waals surface area contributed by atoms with Gasteiger partial charge in [0.2, 0.25) is 0 Å². The molecule has 0 nitrogen and oxygen atoms in total. The summed E-state index contributed by atoms with van der Waals surface area (Å²) in [6.07, 6.45) is 13.4. The van der Waals surface area contributed by atoms with Gasteiger partial charge in [0.25, 0.3) is 0 Å². The van der Waals surface area contributed by atoms with Crippen molar-refractivity contribution in [1.82, 2.24) is 0 Å². The van der Waals surface area contributed by atoms with Crippen LogP contribution in [0.5, 0.6) is 0 Å². The molecule has 0 N–H and O–H groups in total. The van der Waals surface area contributed by atoms with Crippen molar-refractivity contribution >= 4 is 0 Å². The molecule has 0 aromatic carbocycles. The molecule has 0 bridgehead atoms. The van der Waals surface area contributed by atoms with Gasteiger partial charge in [-0.15, -0.1) is 0 Å². The maximum atomic E-state index is 4.26. The largest absolute Gasteiger partial charge is 0.0993 e. The quantitative estimate of drug-likeness (QED) is 0.392. The van der Waals surface area contributed by atoms with Gasteiger partial charge in [-0.05, 0) is 68.6 Å². The molecule has 0 spiro atoms. The van der Waals surface area contributed by atoms with E-state index in [4.69, 9.17) is 0 Å². The number of hydrogen-bond donors (Lipinski definition) is 0. The van der Waals surface area contributed by atoms with Crippen LogP contribution < -0.4 is 0 Å². The second kappa shape index (κ2) is 10.5. The molecule has 1 fully saturated rings. The molecule has 0 aliphatic heterocycles. The lowest BCUT2D eigenvalue weighted by atomic mass is 9.76. The molecule has 2 unspecified atom stereocenters. The molecule has 0 heteroatoms. The summed E-state index contributed by atoms with van der Waals surface area (Å²) in [6, 6.07) is 0. The van der Waals surface area contributed by atoms with Crippen molar-refractivity contribution in [3.8, 4) is 0 Å². The zero-order valence-electron chi connectivity index (χ0n) is 19.8. The Morgan fingerprint density at radius 2 is 1.63 bits per heavy atom. The van der Waals surface area contributed by atoms with Crippen molar-refractivity contribution in [1.29, 1.82) is 0 Å². The van der Waals surface area contributed by atoms with E-state index in [1.807, 2.05) is 0 Å². The Kier molecular flexibility index (Phi) is 9.32. The van der Waals surface area contributed by atoms with Gasteiger partial charge in [0.15, 0.2) is 0 Å². The van der Waals surface area contributed by atoms with Crippen LogP contribution in [0.3, 0.4) is 0 Å². The highest BCUT2D eigenvalue weighted by atomic mass is 14.3. The lowest BCUT2D eigenvalue weighted by molar-refractivity contribution is 0.349. The molecule has 0 aromatic heterocycles. The average molecular weight is 371 g/mol. The predicted molar refractivity (Wildman–Crippen MR) is 124 cm³/mol. The van der Waals surface area contributed by atoms with Crippen molar-refractivity contribution in [3.63, 3.8) is 0 Å². The molecule has 1 aliphatic carbocycles. The fourth-order valence-corrected chi connectivity index (χ4v) is 4.16. The third kappa shape index (κ3) is 8.24. The first-order valence-corrected chi connectivity index (χ1v) is 11.1. The Bertz CT molecular complexity index is 560. The first-order chi connectivity index (χ1) is 12.4. The summed E-state index contributed by atoms with van der Waals surface area (Å²) in [4.78, 5) is 0. The molecule has 154 valence electrons. The monoisotopic (exact) mass is 370 g/mol. The van der Waals surface area contributed by atoms with Crippen LogP contribution in [0.1, 0.15) is 94.4 Å². The molecule has 0 heterocycles. The van der Waals surface area contributed by atoms with Gasteiger partial charge in [0, 0.05) is 0 Å². The number of hydrogen-bond acceptors (Lipinski definition) is 0. The molecule has 4 atom stereocenters. The van der Waals surface area contributed by atoms with Gasteiger partial charge < -0.3 is 0 Å². The third-order valence-electron chi connectivity index (χ3n) is 6.74. The molecule has 0 radical (unpaired) electrons. The van der Waals surface area contributed by atoms with E-state index in [2.05, 4.69) is 87.1 Å². The van der Waals surface area contributed by atoms with Gasteiger partial charge in [-0.3, -0.25) is 0 Å². The Morgan fingerprint density at radius 1 is 1.07 bits per heavy atom. The first kappa shape index (κ1) is 24.0. The standard InChI is InChI=1S/C27H46/c1-19(13-11-15-26-17-21(3)23(5)22(4)18-26)24(6)25(7)20(2)14-12-16-27(8,9)10/h11,13,15,19-22H,5,12,14,16-18H2,1-4,6-10H3/b13-11+,25-24+/t19?,20?,21-,22-/m1/s1. The number of rotatable bonds is 7. The maximum Gasteiger partial charge on any atom is -0.00486 e. The van der Waals surface area contributed by atoms with Crippen LogP contribution in [0.4, 0.5) is 0 Å². The van der Waals surface area contributed by atoms with Crippen LogP contribution in [0.15, 0.2) is 47.1 Å². The summed E-state index contributed by atoms with van der Waals surface area (Å²) in [5.41, 5.74) is 6.60. The smallest absolute Gasteiger partial charge is 0.00486 e. The fraction of sp³-hybridized carbons (Fsp3) is 0.704. The van der Waals surface area contributed by atoms with Crippen molar-refractivity contribution in [2.45, 2.75) is 94.4 Å². The summed E-state index contributed by atoms with van der Waals surface area (Å²) in [6.45, 7) is 25.3. The van der Waals surface area contributed by atoms with Gasteiger partial charge in [0.1, 0.15) is 0 Å². The molecule has 1 rings (SSSR count). The van der Waals surface area contributed by atoms with E-state index in [0.29, 0.717) is 29.1 Å². The highest BCUT2D eigenvalue weighted by Crippen LogP contribution is 2.36. The Balaban J connectivity index is 2.64. The van der Waals surface area contributed by atoms with E-state index in [1.54, 1.807) is 16.7 Å². The van der Waals surface area contributed by atoms with Gasteiger partial charge in [-0.1, -0.05) is 102 Å². The van der Waals surface area contributed by atoms with Gasteiger partial charge in [-0.25, -0.2) is 0 Å². The van der Waals surface area contributed by atoms with Crippen LogP contribution >= 0.6 is 0 Å². The SMILES string of the molecule is C=C1[C@H](C)CC(=C/C=C/C(C)/C(C)=C(\C)C(C)CCCC(C)(C)C)C[C@H]1C. The molecule has 0 amide bonds. The van der Waals surface area contributed by atoms with E-state index in [1.165, 1.54) is 37.7 Å². The lowest BCUT2D eigenvalue weighted by Crippen LogP contribution is -2.15. The third-order valence-corrected chi connectivity index (χ3v) is 6.74. The van der Waals surface area contributed by atoms with Crippen LogP contribution in [-0.2, 0) is 0 Å². The van der Waals surface area contributed by atoms with Crippen molar-refractivity contribution in [2.24, 2.45) is 29.1 Å². The Hall–Kier alpha value is -1.04. The van der Waals surface area contributed by atoms with Crippen molar-refractivity contribution < 1.29 is 0 Å². The van der Waals surface area contributed by atoms with Crippen LogP contribution in [0, 0.1) is 29.1 Å². The lowest BCUT2D eigenvalue weighted by Gasteiger charge is -2.29. The second-order valence-corrected chi connectivity index (χ2v) is 10.5. The van der Waals surface area contributed by atoms with E-state index < -0.39 is 0 Å². The number of allylic oxidation sites excluding steroid dienone is 7. The second-order valence-electron chi connectivity index (χ2n) is 10.5.